The highest BCUT2D eigenvalue weighted by Gasteiger charge is 2.31. The summed E-state index contributed by atoms with van der Waals surface area (Å²) >= 11 is 0. The van der Waals surface area contributed by atoms with E-state index in [1.54, 1.807) is 6.07 Å². The van der Waals surface area contributed by atoms with Gasteiger partial charge in [-0.15, -0.1) is 0 Å². The van der Waals surface area contributed by atoms with Gasteiger partial charge in [-0.25, -0.2) is 0 Å². The molecule has 100 valence electrons. The highest BCUT2D eigenvalue weighted by molar-refractivity contribution is 5.93. The number of carbonyl (C=O) groups is 1. The van der Waals surface area contributed by atoms with E-state index in [1.165, 1.54) is 25.3 Å². The summed E-state index contributed by atoms with van der Waals surface area (Å²) in [7, 11) is 0. The Balaban J connectivity index is 2.54. The van der Waals surface area contributed by atoms with Gasteiger partial charge >= 0.3 is 6.18 Å². The molecule has 1 amide bonds. The van der Waals surface area contributed by atoms with E-state index in [9.17, 15) is 18.0 Å². The largest absolute Gasteiger partial charge is 0.464 e. The van der Waals surface area contributed by atoms with E-state index in [4.69, 9.17) is 4.42 Å². The Kier molecular flexibility index (Phi) is 3.33. The first kappa shape index (κ1) is 13.2. The van der Waals surface area contributed by atoms with Crippen LogP contribution in [0, 0.1) is 0 Å². The van der Waals surface area contributed by atoms with Crippen molar-refractivity contribution in [3.63, 3.8) is 0 Å². The minimum atomic E-state index is -4.45. The molecule has 0 unspecified atom stereocenters. The van der Waals surface area contributed by atoms with Crippen molar-refractivity contribution in [3.05, 3.63) is 42.2 Å². The van der Waals surface area contributed by atoms with Gasteiger partial charge < -0.3 is 9.73 Å². The summed E-state index contributed by atoms with van der Waals surface area (Å²) in [6.07, 6.45) is -3.09. The topological polar surface area (TPSA) is 42.2 Å². The van der Waals surface area contributed by atoms with Gasteiger partial charge in [0.2, 0.25) is 5.91 Å². The third-order valence-electron chi connectivity index (χ3n) is 2.44. The maximum absolute atomic E-state index is 12.7. The van der Waals surface area contributed by atoms with E-state index in [1.807, 2.05) is 0 Å². The average molecular weight is 269 g/mol. The van der Waals surface area contributed by atoms with Crippen LogP contribution in [0.15, 0.2) is 41.0 Å². The Morgan fingerprint density at radius 1 is 1.26 bits per heavy atom. The average Bonchev–Trinajstić information content (AvgIpc) is 2.80. The molecular formula is C13H10F3NO2. The second-order valence-electron chi connectivity index (χ2n) is 3.92. The van der Waals surface area contributed by atoms with Crippen molar-refractivity contribution in [1.29, 1.82) is 0 Å². The normalized spacial score (nSPS) is 11.4. The first-order valence-corrected chi connectivity index (χ1v) is 5.40. The first-order valence-electron chi connectivity index (χ1n) is 5.40. The van der Waals surface area contributed by atoms with Crippen LogP contribution in [0.1, 0.15) is 12.5 Å². The van der Waals surface area contributed by atoms with Gasteiger partial charge in [0, 0.05) is 12.5 Å². The van der Waals surface area contributed by atoms with Crippen LogP contribution in [0.2, 0.25) is 0 Å². The molecule has 1 N–H and O–H groups in total. The third-order valence-corrected chi connectivity index (χ3v) is 2.44. The van der Waals surface area contributed by atoms with Gasteiger partial charge in [0.05, 0.1) is 17.5 Å². The lowest BCUT2D eigenvalue weighted by molar-refractivity contribution is -0.137. The van der Waals surface area contributed by atoms with Gasteiger partial charge in [0.15, 0.2) is 0 Å². The summed E-state index contributed by atoms with van der Waals surface area (Å²) in [5.41, 5.74) is -0.335. The molecular weight excluding hydrogens is 259 g/mol. The van der Waals surface area contributed by atoms with Crippen molar-refractivity contribution in [2.75, 3.05) is 5.32 Å². The Bertz CT molecular complexity index is 588. The lowest BCUT2D eigenvalue weighted by Crippen LogP contribution is -2.09. The molecule has 0 aliphatic heterocycles. The van der Waals surface area contributed by atoms with Gasteiger partial charge in [-0.3, -0.25) is 4.79 Å². The summed E-state index contributed by atoms with van der Waals surface area (Å²) in [4.78, 5) is 11.1. The molecule has 0 atom stereocenters. The first-order chi connectivity index (χ1) is 8.88. The molecule has 1 aromatic heterocycles. The predicted octanol–water partition coefficient (Wildman–Crippen LogP) is 3.92. The van der Waals surface area contributed by atoms with Gasteiger partial charge in [-0.05, 0) is 30.3 Å². The monoisotopic (exact) mass is 269 g/mol. The molecule has 19 heavy (non-hydrogen) atoms. The Hall–Kier alpha value is -2.24. The highest BCUT2D eigenvalue weighted by Crippen LogP contribution is 2.36. The molecule has 6 heteroatoms. The zero-order chi connectivity index (χ0) is 14.0. The Morgan fingerprint density at radius 2 is 2.00 bits per heavy atom. The number of anilines is 1. The molecule has 1 heterocycles. The number of amides is 1. The van der Waals surface area contributed by atoms with Crippen LogP contribution in [0.4, 0.5) is 18.9 Å². The quantitative estimate of drug-likeness (QED) is 0.897. The number of carbonyl (C=O) groups excluding carboxylic acids is 1. The van der Waals surface area contributed by atoms with E-state index < -0.39 is 11.7 Å². The van der Waals surface area contributed by atoms with Crippen molar-refractivity contribution in [2.24, 2.45) is 0 Å². The Morgan fingerprint density at radius 3 is 2.53 bits per heavy atom. The molecule has 0 saturated heterocycles. The number of hydrogen-bond acceptors (Lipinski definition) is 2. The van der Waals surface area contributed by atoms with Crippen molar-refractivity contribution in [2.45, 2.75) is 13.1 Å². The minimum Gasteiger partial charge on any atom is -0.464 e. The molecule has 2 aromatic rings. The van der Waals surface area contributed by atoms with Gasteiger partial charge in [-0.2, -0.15) is 13.2 Å². The molecule has 0 bridgehead atoms. The van der Waals surface area contributed by atoms with Gasteiger partial charge in [0.1, 0.15) is 5.76 Å². The fourth-order valence-corrected chi connectivity index (χ4v) is 1.65. The fourth-order valence-electron chi connectivity index (χ4n) is 1.65. The lowest BCUT2D eigenvalue weighted by atomic mass is 10.1. The molecule has 0 spiro atoms. The van der Waals surface area contributed by atoms with Crippen LogP contribution in [-0.2, 0) is 11.0 Å². The Labute approximate surface area is 107 Å². The van der Waals surface area contributed by atoms with Crippen LogP contribution in [-0.4, -0.2) is 5.91 Å². The lowest BCUT2D eigenvalue weighted by Gasteiger charge is -2.12. The smallest absolute Gasteiger partial charge is 0.416 e. The molecule has 2 rings (SSSR count). The summed E-state index contributed by atoms with van der Waals surface area (Å²) < 4.78 is 43.1. The zero-order valence-corrected chi connectivity index (χ0v) is 9.91. The van der Waals surface area contributed by atoms with Crippen LogP contribution >= 0.6 is 0 Å². The van der Waals surface area contributed by atoms with E-state index in [-0.39, 0.29) is 22.9 Å². The molecule has 1 aromatic carbocycles. The van der Waals surface area contributed by atoms with E-state index in [0.29, 0.717) is 0 Å². The standard InChI is InChI=1S/C13H10F3NO2/c1-8(18)17-11-5-4-9(13(14,15)16)7-10(11)12-3-2-6-19-12/h2-7H,1H3,(H,17,18). The number of nitrogens with one attached hydrogen (secondary N) is 1. The summed E-state index contributed by atoms with van der Waals surface area (Å²) in [6.45, 7) is 1.28. The second-order valence-corrected chi connectivity index (χ2v) is 3.92. The minimum absolute atomic E-state index is 0.190. The SMILES string of the molecule is CC(=O)Nc1ccc(C(F)(F)F)cc1-c1ccco1. The number of rotatable bonds is 2. The highest BCUT2D eigenvalue weighted by atomic mass is 19.4. The van der Waals surface area contributed by atoms with Crippen molar-refractivity contribution < 1.29 is 22.4 Å². The molecule has 0 fully saturated rings. The zero-order valence-electron chi connectivity index (χ0n) is 9.91. The fraction of sp³-hybridized carbons (Fsp3) is 0.154. The molecule has 3 nitrogen and oxygen atoms in total. The maximum atomic E-state index is 12.7. The van der Waals surface area contributed by atoms with Crippen molar-refractivity contribution >= 4 is 11.6 Å². The summed E-state index contributed by atoms with van der Waals surface area (Å²) in [5.74, 6) is -0.109. The number of benzene rings is 1. The molecule has 0 radical (unpaired) electrons. The van der Waals surface area contributed by atoms with E-state index in [0.717, 1.165) is 12.1 Å². The second kappa shape index (κ2) is 4.79. The predicted molar refractivity (Wildman–Crippen MR) is 63.4 cm³/mol. The van der Waals surface area contributed by atoms with E-state index in [2.05, 4.69) is 5.32 Å². The number of alkyl halides is 3. The molecule has 0 aliphatic rings. The molecule has 0 aliphatic carbocycles. The number of hydrogen-bond donors (Lipinski definition) is 1. The summed E-state index contributed by atoms with van der Waals surface area (Å²) in [6, 6.07) is 6.16. The van der Waals surface area contributed by atoms with E-state index >= 15 is 0 Å². The van der Waals surface area contributed by atoms with Crippen LogP contribution in [0.5, 0.6) is 0 Å². The van der Waals surface area contributed by atoms with Gasteiger partial charge in [-0.1, -0.05) is 0 Å². The summed E-state index contributed by atoms with van der Waals surface area (Å²) in [5, 5.41) is 2.47. The number of halogens is 3. The maximum Gasteiger partial charge on any atom is 0.416 e. The van der Waals surface area contributed by atoms with Crippen LogP contribution < -0.4 is 5.32 Å². The van der Waals surface area contributed by atoms with Crippen molar-refractivity contribution in [1.82, 2.24) is 0 Å². The number of furan rings is 1. The third kappa shape index (κ3) is 2.96. The molecule has 0 saturated carbocycles. The van der Waals surface area contributed by atoms with Gasteiger partial charge in [0.25, 0.3) is 0 Å². The van der Waals surface area contributed by atoms with Crippen LogP contribution in [0.3, 0.4) is 0 Å². The van der Waals surface area contributed by atoms with Crippen molar-refractivity contribution in [3.8, 4) is 11.3 Å². The van der Waals surface area contributed by atoms with Crippen LogP contribution in [0.25, 0.3) is 11.3 Å².